The van der Waals surface area contributed by atoms with E-state index >= 15 is 0 Å². The maximum absolute atomic E-state index is 3.99. The van der Waals surface area contributed by atoms with Gasteiger partial charge in [0.15, 0.2) is 0 Å². The number of nitrogens with one attached hydrogen (secondary N) is 1. The molecule has 0 radical (unpaired) electrons. The third-order valence-corrected chi connectivity index (χ3v) is 5.05. The van der Waals surface area contributed by atoms with Gasteiger partial charge in [0.25, 0.3) is 0 Å². The first kappa shape index (κ1) is 11.2. The highest BCUT2D eigenvalue weighted by Crippen LogP contribution is 2.23. The van der Waals surface area contributed by atoms with E-state index in [0.29, 0.717) is 0 Å². The van der Waals surface area contributed by atoms with Crippen molar-refractivity contribution in [3.8, 4) is 0 Å². The van der Waals surface area contributed by atoms with Gasteiger partial charge in [-0.3, -0.25) is 0 Å². The number of nitrogens with zero attached hydrogens (tertiary/aromatic N) is 2. The summed E-state index contributed by atoms with van der Waals surface area (Å²) in [5, 5.41) is 4.23. The summed E-state index contributed by atoms with van der Waals surface area (Å²) in [5.41, 5.74) is 1.16. The van der Waals surface area contributed by atoms with Crippen molar-refractivity contribution >= 4 is 23.5 Å². The Balaban J connectivity index is 1.66. The lowest BCUT2D eigenvalue weighted by Gasteiger charge is -2.21. The van der Waals surface area contributed by atoms with Crippen LogP contribution in [0.1, 0.15) is 5.56 Å². The van der Waals surface area contributed by atoms with Crippen molar-refractivity contribution in [1.29, 1.82) is 0 Å². The Morgan fingerprint density at radius 1 is 1.33 bits per heavy atom. The number of hydrogen-bond acceptors (Lipinski definition) is 5. The first-order chi connectivity index (χ1) is 7.45. The maximum atomic E-state index is 3.99. The van der Waals surface area contributed by atoms with Gasteiger partial charge < -0.3 is 5.32 Å². The molecule has 2 heterocycles. The summed E-state index contributed by atoms with van der Waals surface area (Å²) in [6, 6.07) is 0. The minimum atomic E-state index is 0.772. The molecule has 5 heteroatoms. The highest BCUT2D eigenvalue weighted by Gasteiger charge is 2.13. The highest BCUT2D eigenvalue weighted by molar-refractivity contribution is 8.06. The van der Waals surface area contributed by atoms with Crippen LogP contribution in [0.15, 0.2) is 18.7 Å². The van der Waals surface area contributed by atoms with Gasteiger partial charge in [-0.05, 0) is 0 Å². The third-order valence-electron chi connectivity index (χ3n) is 2.20. The zero-order valence-electron chi connectivity index (χ0n) is 8.56. The van der Waals surface area contributed by atoms with Crippen molar-refractivity contribution in [2.24, 2.45) is 0 Å². The molecule has 0 aliphatic carbocycles. The summed E-state index contributed by atoms with van der Waals surface area (Å²) < 4.78 is 0. The summed E-state index contributed by atoms with van der Waals surface area (Å²) in [6.45, 7) is 1.97. The van der Waals surface area contributed by atoms with Crippen molar-refractivity contribution in [1.82, 2.24) is 15.3 Å². The molecule has 0 bridgehead atoms. The predicted molar refractivity (Wildman–Crippen MR) is 67.3 cm³/mol. The van der Waals surface area contributed by atoms with Crippen molar-refractivity contribution in [3.05, 3.63) is 24.3 Å². The van der Waals surface area contributed by atoms with Gasteiger partial charge in [-0.25, -0.2) is 9.97 Å². The van der Waals surface area contributed by atoms with Gasteiger partial charge >= 0.3 is 0 Å². The molecule has 1 saturated heterocycles. The van der Waals surface area contributed by atoms with Crippen molar-refractivity contribution in [2.75, 3.05) is 23.8 Å². The summed E-state index contributed by atoms with van der Waals surface area (Å²) in [7, 11) is 0. The Labute approximate surface area is 98.9 Å². The van der Waals surface area contributed by atoms with E-state index in [1.807, 2.05) is 12.4 Å². The normalized spacial score (nSPS) is 21.5. The van der Waals surface area contributed by atoms with E-state index < -0.39 is 0 Å². The largest absolute Gasteiger partial charge is 0.311 e. The minimum Gasteiger partial charge on any atom is -0.311 e. The second-order valence-electron chi connectivity index (χ2n) is 3.45. The fraction of sp³-hybridized carbons (Fsp3) is 0.600. The summed E-state index contributed by atoms with van der Waals surface area (Å²) >= 11 is 4.15. The molecule has 1 aliphatic heterocycles. The van der Waals surface area contributed by atoms with Gasteiger partial charge in [-0.2, -0.15) is 23.5 Å². The molecular formula is C10H15N3S2. The summed E-state index contributed by atoms with van der Waals surface area (Å²) in [6.07, 6.45) is 5.29. The molecule has 0 saturated carbocycles. The summed E-state index contributed by atoms with van der Waals surface area (Å²) in [4.78, 5) is 7.98. The molecule has 15 heavy (non-hydrogen) atoms. The zero-order chi connectivity index (χ0) is 10.3. The van der Waals surface area contributed by atoms with E-state index in [2.05, 4.69) is 38.8 Å². The summed E-state index contributed by atoms with van der Waals surface area (Å²) in [5.74, 6) is 3.89. The van der Waals surface area contributed by atoms with Crippen LogP contribution in [0.5, 0.6) is 0 Å². The van der Waals surface area contributed by atoms with Crippen molar-refractivity contribution < 1.29 is 0 Å². The standard InChI is InChI=1S/C10H15N3S2/c1-2-15-10(7-14-1)6-11-3-9-4-12-8-13-5-9/h4-5,8,10-11H,1-3,6-7H2. The highest BCUT2D eigenvalue weighted by atomic mass is 32.2. The van der Waals surface area contributed by atoms with E-state index in [4.69, 9.17) is 0 Å². The fourth-order valence-corrected chi connectivity index (χ4v) is 4.10. The molecule has 82 valence electrons. The molecule has 3 nitrogen and oxygen atoms in total. The molecule has 1 fully saturated rings. The van der Waals surface area contributed by atoms with Crippen LogP contribution in [0, 0.1) is 0 Å². The first-order valence-corrected chi connectivity index (χ1v) is 7.29. The second-order valence-corrected chi connectivity index (χ2v) is 6.00. The molecule has 0 spiro atoms. The molecule has 1 aromatic rings. The van der Waals surface area contributed by atoms with E-state index in [1.54, 1.807) is 6.33 Å². The van der Waals surface area contributed by atoms with E-state index in [9.17, 15) is 0 Å². The van der Waals surface area contributed by atoms with Crippen LogP contribution >= 0.6 is 23.5 Å². The van der Waals surface area contributed by atoms with Gasteiger partial charge in [0.05, 0.1) is 0 Å². The fourth-order valence-electron chi connectivity index (χ4n) is 1.45. The van der Waals surface area contributed by atoms with Crippen LogP contribution in [0.25, 0.3) is 0 Å². The van der Waals surface area contributed by atoms with Gasteiger partial charge in [0.2, 0.25) is 0 Å². The molecule has 0 amide bonds. The molecule has 1 N–H and O–H groups in total. The number of hydrogen-bond donors (Lipinski definition) is 1. The van der Waals surface area contributed by atoms with Gasteiger partial charge in [0, 0.05) is 53.6 Å². The Kier molecular flexibility index (Phi) is 4.76. The second kappa shape index (κ2) is 6.35. The number of thioether (sulfide) groups is 2. The van der Waals surface area contributed by atoms with Crippen molar-refractivity contribution in [3.63, 3.8) is 0 Å². The smallest absolute Gasteiger partial charge is 0.115 e. The minimum absolute atomic E-state index is 0.772. The van der Waals surface area contributed by atoms with Crippen LogP contribution in [0.2, 0.25) is 0 Å². The van der Waals surface area contributed by atoms with E-state index in [0.717, 1.165) is 23.9 Å². The SMILES string of the molecule is c1ncc(CNCC2CSCCS2)cn1. The van der Waals surface area contributed by atoms with E-state index in [1.165, 1.54) is 17.3 Å². The number of rotatable bonds is 4. The maximum Gasteiger partial charge on any atom is 0.115 e. The van der Waals surface area contributed by atoms with Crippen LogP contribution < -0.4 is 5.32 Å². The van der Waals surface area contributed by atoms with Crippen LogP contribution in [-0.2, 0) is 6.54 Å². The topological polar surface area (TPSA) is 37.8 Å². The average Bonchev–Trinajstić information content (AvgIpc) is 2.32. The average molecular weight is 241 g/mol. The molecule has 1 atom stereocenters. The third kappa shape index (κ3) is 4.01. The predicted octanol–water partition coefficient (Wildman–Crippen LogP) is 1.41. The van der Waals surface area contributed by atoms with Crippen LogP contribution in [-0.4, -0.2) is 39.0 Å². The van der Waals surface area contributed by atoms with E-state index in [-0.39, 0.29) is 0 Å². The van der Waals surface area contributed by atoms with Crippen LogP contribution in [0.4, 0.5) is 0 Å². The Bertz CT molecular complexity index is 275. The molecule has 0 aromatic carbocycles. The van der Waals surface area contributed by atoms with Gasteiger partial charge in [0.1, 0.15) is 6.33 Å². The van der Waals surface area contributed by atoms with Crippen molar-refractivity contribution in [2.45, 2.75) is 11.8 Å². The molecule has 1 aliphatic rings. The lowest BCUT2D eigenvalue weighted by molar-refractivity contribution is 0.682. The van der Waals surface area contributed by atoms with Gasteiger partial charge in [-0.15, -0.1) is 0 Å². The monoisotopic (exact) mass is 241 g/mol. The first-order valence-electron chi connectivity index (χ1n) is 5.09. The quantitative estimate of drug-likeness (QED) is 0.863. The Hall–Kier alpha value is -0.260. The van der Waals surface area contributed by atoms with Crippen LogP contribution in [0.3, 0.4) is 0 Å². The molecule has 1 aromatic heterocycles. The Morgan fingerprint density at radius 2 is 2.20 bits per heavy atom. The lowest BCUT2D eigenvalue weighted by Crippen LogP contribution is -2.28. The molecular weight excluding hydrogens is 226 g/mol. The molecule has 1 unspecified atom stereocenters. The van der Waals surface area contributed by atoms with Gasteiger partial charge in [-0.1, -0.05) is 0 Å². The number of aromatic nitrogens is 2. The molecule has 2 rings (SSSR count). The Morgan fingerprint density at radius 3 is 2.93 bits per heavy atom. The lowest BCUT2D eigenvalue weighted by atomic mass is 10.3. The zero-order valence-corrected chi connectivity index (χ0v) is 10.2.